The third kappa shape index (κ3) is 4.36. The number of hydrogen-bond acceptors (Lipinski definition) is 6. The van der Waals surface area contributed by atoms with Crippen molar-refractivity contribution in [3.05, 3.63) is 88.5 Å². The summed E-state index contributed by atoms with van der Waals surface area (Å²) in [6.45, 7) is 4.89. The molecule has 0 radical (unpaired) electrons. The topological polar surface area (TPSA) is 81.3 Å². The fourth-order valence-corrected chi connectivity index (χ4v) is 4.74. The number of nitrogens with zero attached hydrogens (tertiary/aromatic N) is 3. The lowest BCUT2D eigenvalue weighted by Gasteiger charge is -2.42. The van der Waals surface area contributed by atoms with E-state index < -0.39 is 0 Å². The quantitative estimate of drug-likeness (QED) is 0.457. The molecule has 2 N–H and O–H groups in total. The molecule has 0 aliphatic carbocycles. The van der Waals surface area contributed by atoms with Gasteiger partial charge in [0.2, 0.25) is 0 Å². The van der Waals surface area contributed by atoms with E-state index in [0.29, 0.717) is 17.8 Å². The molecule has 0 amide bonds. The zero-order valence-electron chi connectivity index (χ0n) is 18.9. The summed E-state index contributed by atoms with van der Waals surface area (Å²) in [5.74, 6) is -0.384. The molecule has 1 aliphatic rings. The van der Waals surface area contributed by atoms with Gasteiger partial charge in [-0.3, -0.25) is 14.9 Å². The van der Waals surface area contributed by atoms with E-state index in [2.05, 4.69) is 30.9 Å². The van der Waals surface area contributed by atoms with Crippen LogP contribution in [0.25, 0.3) is 0 Å². The van der Waals surface area contributed by atoms with Gasteiger partial charge in [-0.1, -0.05) is 18.2 Å². The molecule has 3 aromatic rings. The molecule has 166 valence electrons. The van der Waals surface area contributed by atoms with Gasteiger partial charge in [-0.05, 0) is 74.1 Å². The van der Waals surface area contributed by atoms with Crippen LogP contribution in [0.5, 0.6) is 0 Å². The van der Waals surface area contributed by atoms with Crippen LogP contribution in [0.1, 0.15) is 69.8 Å². The summed E-state index contributed by atoms with van der Waals surface area (Å²) >= 11 is 0. The number of benzene rings is 1. The van der Waals surface area contributed by atoms with E-state index in [-0.39, 0.29) is 18.1 Å². The molecule has 2 atom stereocenters. The van der Waals surface area contributed by atoms with Crippen LogP contribution >= 0.6 is 0 Å². The Kier molecular flexibility index (Phi) is 6.51. The summed E-state index contributed by atoms with van der Waals surface area (Å²) in [4.78, 5) is 23.9. The number of pyridine rings is 2. The number of esters is 1. The Bertz CT molecular complexity index is 1060. The Labute approximate surface area is 189 Å². The van der Waals surface area contributed by atoms with Gasteiger partial charge >= 0.3 is 5.97 Å². The molecule has 3 heterocycles. The molecule has 0 spiro atoms. The second kappa shape index (κ2) is 9.49. The number of ether oxygens (including phenoxy) is 1. The van der Waals surface area contributed by atoms with Crippen LogP contribution in [0.15, 0.2) is 54.9 Å². The highest BCUT2D eigenvalue weighted by Gasteiger charge is 2.35. The molecule has 1 aliphatic heterocycles. The molecule has 4 rings (SSSR count). The van der Waals surface area contributed by atoms with Gasteiger partial charge in [-0.15, -0.1) is 0 Å². The maximum Gasteiger partial charge on any atom is 0.337 e. The maximum absolute atomic E-state index is 11.9. The molecule has 0 saturated carbocycles. The van der Waals surface area contributed by atoms with Gasteiger partial charge < -0.3 is 10.5 Å². The van der Waals surface area contributed by atoms with Crippen LogP contribution in [-0.2, 0) is 11.3 Å². The van der Waals surface area contributed by atoms with Crippen molar-refractivity contribution in [3.8, 4) is 0 Å². The van der Waals surface area contributed by atoms with Gasteiger partial charge in [-0.2, -0.15) is 0 Å². The van der Waals surface area contributed by atoms with Crippen molar-refractivity contribution in [1.29, 1.82) is 0 Å². The standard InChI is InChI=1S/C26H30N4O2/c1-17-7-5-13-28-24(17)22-9-4-10-23(25-18(2)8-6-14-29-25)30(22)16-20-12-11-19(15-21(20)27)26(31)32-3/h5-8,11-15,22-23H,4,9-10,16,27H2,1-3H3. The Balaban J connectivity index is 1.75. The normalized spacial score (nSPS) is 19.0. The van der Waals surface area contributed by atoms with Crippen LogP contribution in [0.2, 0.25) is 0 Å². The third-order valence-corrected chi connectivity index (χ3v) is 6.41. The number of nitrogen functional groups attached to an aromatic ring is 1. The number of aromatic nitrogens is 2. The molecule has 1 aromatic carbocycles. The number of aryl methyl sites for hydroxylation is 2. The van der Waals surface area contributed by atoms with Crippen LogP contribution in [0, 0.1) is 13.8 Å². The molecule has 1 saturated heterocycles. The van der Waals surface area contributed by atoms with Gasteiger partial charge in [0.25, 0.3) is 0 Å². The third-order valence-electron chi connectivity index (χ3n) is 6.41. The van der Waals surface area contributed by atoms with Gasteiger partial charge in [0.1, 0.15) is 0 Å². The zero-order chi connectivity index (χ0) is 22.7. The van der Waals surface area contributed by atoms with Crippen LogP contribution in [0.3, 0.4) is 0 Å². The lowest BCUT2D eigenvalue weighted by molar-refractivity contribution is 0.0600. The maximum atomic E-state index is 11.9. The van der Waals surface area contributed by atoms with Crippen molar-refractivity contribution < 1.29 is 9.53 Å². The molecule has 2 aromatic heterocycles. The first-order valence-corrected chi connectivity index (χ1v) is 11.0. The molecule has 6 nitrogen and oxygen atoms in total. The summed E-state index contributed by atoms with van der Waals surface area (Å²) in [6.07, 6.45) is 6.90. The zero-order valence-corrected chi connectivity index (χ0v) is 18.9. The Morgan fingerprint density at radius 3 is 2.12 bits per heavy atom. The number of carbonyl (C=O) groups is 1. The monoisotopic (exact) mass is 430 g/mol. The van der Waals surface area contributed by atoms with E-state index >= 15 is 0 Å². The van der Waals surface area contributed by atoms with E-state index in [1.54, 1.807) is 12.1 Å². The lowest BCUT2D eigenvalue weighted by atomic mass is 9.88. The Morgan fingerprint density at radius 1 is 1.03 bits per heavy atom. The van der Waals surface area contributed by atoms with Crippen molar-refractivity contribution in [2.75, 3.05) is 12.8 Å². The molecule has 2 unspecified atom stereocenters. The largest absolute Gasteiger partial charge is 0.465 e. The van der Waals surface area contributed by atoms with Crippen molar-refractivity contribution >= 4 is 11.7 Å². The van der Waals surface area contributed by atoms with E-state index in [0.717, 1.165) is 36.2 Å². The number of likely N-dealkylation sites (tertiary alicyclic amines) is 1. The summed E-state index contributed by atoms with van der Waals surface area (Å²) in [5, 5.41) is 0. The summed E-state index contributed by atoms with van der Waals surface area (Å²) in [5.41, 5.74) is 13.0. The number of nitrogens with two attached hydrogens (primary N) is 1. The summed E-state index contributed by atoms with van der Waals surface area (Å²) in [7, 11) is 1.37. The van der Waals surface area contributed by atoms with Crippen molar-refractivity contribution in [2.24, 2.45) is 0 Å². The number of piperidine rings is 1. The molecule has 0 bridgehead atoms. The predicted octanol–water partition coefficient (Wildman–Crippen LogP) is 4.93. The van der Waals surface area contributed by atoms with E-state index in [1.165, 1.54) is 18.2 Å². The summed E-state index contributed by atoms with van der Waals surface area (Å²) < 4.78 is 4.84. The highest BCUT2D eigenvalue weighted by molar-refractivity contribution is 5.90. The number of hydrogen-bond donors (Lipinski definition) is 1. The van der Waals surface area contributed by atoms with Crippen LogP contribution in [0.4, 0.5) is 5.69 Å². The number of rotatable bonds is 5. The first kappa shape index (κ1) is 22.0. The number of carbonyl (C=O) groups excluding carboxylic acids is 1. The van der Waals surface area contributed by atoms with Crippen molar-refractivity contribution in [3.63, 3.8) is 0 Å². The van der Waals surface area contributed by atoms with Gasteiger partial charge in [0, 0.05) is 24.6 Å². The average Bonchev–Trinajstić information content (AvgIpc) is 2.81. The fourth-order valence-electron chi connectivity index (χ4n) is 4.74. The van der Waals surface area contributed by atoms with Gasteiger partial charge in [-0.25, -0.2) is 4.79 Å². The predicted molar refractivity (Wildman–Crippen MR) is 125 cm³/mol. The summed E-state index contributed by atoms with van der Waals surface area (Å²) in [6, 6.07) is 13.9. The number of anilines is 1. The highest BCUT2D eigenvalue weighted by Crippen LogP contribution is 2.43. The molecule has 1 fully saturated rings. The smallest absolute Gasteiger partial charge is 0.337 e. The van der Waals surface area contributed by atoms with Gasteiger partial charge in [0.05, 0.1) is 36.1 Å². The molecular formula is C26H30N4O2. The lowest BCUT2D eigenvalue weighted by Crippen LogP contribution is -2.37. The van der Waals surface area contributed by atoms with Crippen molar-refractivity contribution in [2.45, 2.75) is 51.7 Å². The van der Waals surface area contributed by atoms with Crippen molar-refractivity contribution in [1.82, 2.24) is 14.9 Å². The van der Waals surface area contributed by atoms with Crippen LogP contribution < -0.4 is 5.73 Å². The second-order valence-electron chi connectivity index (χ2n) is 8.45. The molecule has 32 heavy (non-hydrogen) atoms. The Morgan fingerprint density at radius 2 is 1.62 bits per heavy atom. The second-order valence-corrected chi connectivity index (χ2v) is 8.45. The van der Waals surface area contributed by atoms with E-state index in [1.807, 2.05) is 30.6 Å². The molecule has 6 heteroatoms. The van der Waals surface area contributed by atoms with Gasteiger partial charge in [0.15, 0.2) is 0 Å². The minimum atomic E-state index is -0.384. The minimum absolute atomic E-state index is 0.163. The highest BCUT2D eigenvalue weighted by atomic mass is 16.5. The average molecular weight is 431 g/mol. The molecular weight excluding hydrogens is 400 g/mol. The SMILES string of the molecule is COC(=O)c1ccc(CN2C(c3ncccc3C)CCCC2c2ncccc2C)c(N)c1. The Hall–Kier alpha value is -3.25. The number of methoxy groups -OCH3 is 1. The van der Waals surface area contributed by atoms with E-state index in [4.69, 9.17) is 20.4 Å². The fraction of sp³-hybridized carbons (Fsp3) is 0.346. The first-order chi connectivity index (χ1) is 15.5. The van der Waals surface area contributed by atoms with Crippen LogP contribution in [-0.4, -0.2) is 27.9 Å². The van der Waals surface area contributed by atoms with E-state index in [9.17, 15) is 4.79 Å². The first-order valence-electron chi connectivity index (χ1n) is 11.0. The minimum Gasteiger partial charge on any atom is -0.465 e.